The van der Waals surface area contributed by atoms with Crippen LogP contribution in [-0.2, 0) is 19.4 Å². The molecule has 0 spiro atoms. The van der Waals surface area contributed by atoms with Crippen LogP contribution in [0.25, 0.3) is 0 Å². The minimum absolute atomic E-state index is 0.487. The van der Waals surface area contributed by atoms with E-state index in [1.807, 2.05) is 19.1 Å². The van der Waals surface area contributed by atoms with E-state index >= 15 is 0 Å². The monoisotopic (exact) mass is 268 g/mol. The van der Waals surface area contributed by atoms with Gasteiger partial charge >= 0.3 is 0 Å². The number of aryl methyl sites for hydroxylation is 3. The van der Waals surface area contributed by atoms with E-state index in [4.69, 9.17) is 4.52 Å². The summed E-state index contributed by atoms with van der Waals surface area (Å²) in [6.07, 6.45) is 4.38. The molecule has 5 nitrogen and oxygen atoms in total. The summed E-state index contributed by atoms with van der Waals surface area (Å²) in [4.78, 5) is 4.61. The third-order valence-electron chi connectivity index (χ3n) is 3.53. The molecular formula is C15H16N4O. The molecule has 0 unspecified atom stereocenters. The maximum atomic E-state index is 9.26. The van der Waals surface area contributed by atoms with E-state index in [0.29, 0.717) is 17.9 Å². The largest absolute Gasteiger partial charge is 0.362 e. The van der Waals surface area contributed by atoms with Crippen LogP contribution in [0.5, 0.6) is 0 Å². The Morgan fingerprint density at radius 3 is 2.95 bits per heavy atom. The highest BCUT2D eigenvalue weighted by molar-refractivity contribution is 5.54. The fourth-order valence-corrected chi connectivity index (χ4v) is 2.52. The van der Waals surface area contributed by atoms with Crippen LogP contribution in [-0.4, -0.2) is 10.1 Å². The Balaban J connectivity index is 1.83. The van der Waals surface area contributed by atoms with Crippen LogP contribution in [0.3, 0.4) is 0 Å². The Bertz CT molecular complexity index is 669. The number of hydrogen-bond acceptors (Lipinski definition) is 5. The molecule has 1 aliphatic carbocycles. The van der Waals surface area contributed by atoms with Gasteiger partial charge in [0, 0.05) is 11.8 Å². The minimum atomic E-state index is 0.487. The molecule has 2 aromatic heterocycles. The van der Waals surface area contributed by atoms with Crippen LogP contribution >= 0.6 is 0 Å². The average molecular weight is 268 g/mol. The quantitative estimate of drug-likeness (QED) is 0.926. The van der Waals surface area contributed by atoms with Gasteiger partial charge in [-0.05, 0) is 44.2 Å². The van der Waals surface area contributed by atoms with Gasteiger partial charge in [0.15, 0.2) is 5.76 Å². The summed E-state index contributed by atoms with van der Waals surface area (Å²) in [5.74, 6) is 1.38. The lowest BCUT2D eigenvalue weighted by molar-refractivity contribution is 0.384. The number of nitrogens with zero attached hydrogens (tertiary/aromatic N) is 3. The Morgan fingerprint density at radius 1 is 1.35 bits per heavy atom. The number of nitriles is 1. The zero-order valence-electron chi connectivity index (χ0n) is 11.4. The number of pyridine rings is 1. The van der Waals surface area contributed by atoms with Crippen molar-refractivity contribution in [2.75, 3.05) is 5.32 Å². The molecule has 0 aromatic carbocycles. The van der Waals surface area contributed by atoms with Crippen molar-refractivity contribution in [2.24, 2.45) is 0 Å². The van der Waals surface area contributed by atoms with Gasteiger partial charge < -0.3 is 9.84 Å². The maximum absolute atomic E-state index is 9.26. The lowest BCUT2D eigenvalue weighted by atomic mass is 9.95. The molecule has 102 valence electrons. The minimum Gasteiger partial charge on any atom is -0.362 e. The Kier molecular flexibility index (Phi) is 3.38. The standard InChI is InChI=1S/C15H16N4O/c1-10-6-13(20-19-10)9-17-15-12(8-16)7-11-4-2-3-5-14(11)18-15/h6-7H,2-5,9H2,1H3,(H,17,18). The first-order valence-corrected chi connectivity index (χ1v) is 6.85. The van der Waals surface area contributed by atoms with Gasteiger partial charge in [0.1, 0.15) is 11.9 Å². The van der Waals surface area contributed by atoms with Crippen molar-refractivity contribution in [3.8, 4) is 6.07 Å². The van der Waals surface area contributed by atoms with E-state index in [1.54, 1.807) is 0 Å². The molecule has 2 aromatic rings. The highest BCUT2D eigenvalue weighted by Gasteiger charge is 2.15. The predicted octanol–water partition coefficient (Wildman–Crippen LogP) is 2.74. The first kappa shape index (κ1) is 12.7. The van der Waals surface area contributed by atoms with Crippen molar-refractivity contribution < 1.29 is 4.52 Å². The number of nitrogens with one attached hydrogen (secondary N) is 1. The Morgan fingerprint density at radius 2 is 2.20 bits per heavy atom. The summed E-state index contributed by atoms with van der Waals surface area (Å²) in [5.41, 5.74) is 3.78. The summed E-state index contributed by atoms with van der Waals surface area (Å²) in [7, 11) is 0. The van der Waals surface area contributed by atoms with Gasteiger partial charge in [0.05, 0.1) is 17.8 Å². The third-order valence-corrected chi connectivity index (χ3v) is 3.53. The highest BCUT2D eigenvalue weighted by atomic mass is 16.5. The van der Waals surface area contributed by atoms with E-state index < -0.39 is 0 Å². The zero-order chi connectivity index (χ0) is 13.9. The molecule has 0 fully saturated rings. The molecule has 1 aliphatic rings. The second-order valence-electron chi connectivity index (χ2n) is 5.10. The molecule has 0 bridgehead atoms. The molecule has 2 heterocycles. The highest BCUT2D eigenvalue weighted by Crippen LogP contribution is 2.24. The van der Waals surface area contributed by atoms with Crippen LogP contribution < -0.4 is 5.32 Å². The van der Waals surface area contributed by atoms with Crippen molar-refractivity contribution in [1.82, 2.24) is 10.1 Å². The summed E-state index contributed by atoms with van der Waals surface area (Å²) in [5, 5.41) is 16.3. The third kappa shape index (κ3) is 2.50. The summed E-state index contributed by atoms with van der Waals surface area (Å²) in [6, 6.07) is 6.06. The second-order valence-corrected chi connectivity index (χ2v) is 5.10. The molecule has 0 saturated carbocycles. The van der Waals surface area contributed by atoms with Gasteiger partial charge in [-0.2, -0.15) is 5.26 Å². The molecule has 0 radical (unpaired) electrons. The zero-order valence-corrected chi connectivity index (χ0v) is 11.4. The van der Waals surface area contributed by atoms with Crippen LogP contribution in [0, 0.1) is 18.3 Å². The summed E-state index contributed by atoms with van der Waals surface area (Å²) < 4.78 is 5.15. The molecule has 0 aliphatic heterocycles. The van der Waals surface area contributed by atoms with Crippen LogP contribution in [0.4, 0.5) is 5.82 Å². The fourth-order valence-electron chi connectivity index (χ4n) is 2.52. The average Bonchev–Trinajstić information content (AvgIpc) is 2.89. The summed E-state index contributed by atoms with van der Waals surface area (Å²) in [6.45, 7) is 2.37. The lowest BCUT2D eigenvalue weighted by Gasteiger charge is -2.17. The second kappa shape index (κ2) is 5.33. The van der Waals surface area contributed by atoms with E-state index in [9.17, 15) is 5.26 Å². The molecular weight excluding hydrogens is 252 g/mol. The molecule has 20 heavy (non-hydrogen) atoms. The van der Waals surface area contributed by atoms with Crippen molar-refractivity contribution >= 4 is 5.82 Å². The van der Waals surface area contributed by atoms with Gasteiger partial charge in [-0.1, -0.05) is 5.16 Å². The molecule has 3 rings (SSSR count). The number of anilines is 1. The Hall–Kier alpha value is -2.35. The Labute approximate surface area is 117 Å². The first-order chi connectivity index (χ1) is 9.76. The van der Waals surface area contributed by atoms with Crippen LogP contribution in [0.15, 0.2) is 16.7 Å². The number of aromatic nitrogens is 2. The molecule has 0 amide bonds. The topological polar surface area (TPSA) is 74.7 Å². The van der Waals surface area contributed by atoms with E-state index in [2.05, 4.69) is 21.5 Å². The van der Waals surface area contributed by atoms with Gasteiger partial charge in [0.25, 0.3) is 0 Å². The van der Waals surface area contributed by atoms with E-state index in [-0.39, 0.29) is 0 Å². The first-order valence-electron chi connectivity index (χ1n) is 6.85. The maximum Gasteiger partial charge on any atom is 0.156 e. The van der Waals surface area contributed by atoms with Gasteiger partial charge in [0.2, 0.25) is 0 Å². The number of rotatable bonds is 3. The molecule has 5 heteroatoms. The van der Waals surface area contributed by atoms with Gasteiger partial charge in [-0.3, -0.25) is 0 Å². The van der Waals surface area contributed by atoms with E-state index in [0.717, 1.165) is 30.0 Å². The summed E-state index contributed by atoms with van der Waals surface area (Å²) >= 11 is 0. The molecule has 1 N–H and O–H groups in total. The van der Waals surface area contributed by atoms with E-state index in [1.165, 1.54) is 18.4 Å². The number of fused-ring (bicyclic) bond motifs is 1. The predicted molar refractivity (Wildman–Crippen MR) is 74.2 cm³/mol. The van der Waals surface area contributed by atoms with Gasteiger partial charge in [-0.25, -0.2) is 4.98 Å². The van der Waals surface area contributed by atoms with Crippen molar-refractivity contribution in [2.45, 2.75) is 39.2 Å². The van der Waals surface area contributed by atoms with Crippen LogP contribution in [0.1, 0.15) is 41.1 Å². The van der Waals surface area contributed by atoms with Gasteiger partial charge in [-0.15, -0.1) is 0 Å². The number of hydrogen-bond donors (Lipinski definition) is 1. The normalized spacial score (nSPS) is 13.6. The van der Waals surface area contributed by atoms with Crippen molar-refractivity contribution in [3.05, 3.63) is 40.4 Å². The van der Waals surface area contributed by atoms with Crippen molar-refractivity contribution in [3.63, 3.8) is 0 Å². The van der Waals surface area contributed by atoms with Crippen molar-refractivity contribution in [1.29, 1.82) is 5.26 Å². The molecule has 0 atom stereocenters. The fraction of sp³-hybridized carbons (Fsp3) is 0.400. The molecule has 0 saturated heterocycles. The smallest absolute Gasteiger partial charge is 0.156 e. The lowest BCUT2D eigenvalue weighted by Crippen LogP contribution is -2.10. The SMILES string of the molecule is Cc1cc(CNc2nc3c(cc2C#N)CCCC3)on1. The van der Waals surface area contributed by atoms with Crippen LogP contribution in [0.2, 0.25) is 0 Å².